The number of anilines is 1. The number of nitro groups is 1. The highest BCUT2D eigenvalue weighted by molar-refractivity contribution is 5.92. The van der Waals surface area contributed by atoms with Crippen LogP contribution in [0.1, 0.15) is 18.5 Å². The number of hydrogen-bond acceptors (Lipinski definition) is 4. The average molecular weight is 312 g/mol. The van der Waals surface area contributed by atoms with Gasteiger partial charge in [0.15, 0.2) is 0 Å². The Hall–Kier alpha value is -2.96. The van der Waals surface area contributed by atoms with Crippen LogP contribution in [-0.2, 0) is 0 Å². The maximum atomic E-state index is 12.5. The van der Waals surface area contributed by atoms with E-state index in [1.54, 1.807) is 4.90 Å². The first-order chi connectivity index (χ1) is 11.1. The van der Waals surface area contributed by atoms with Crippen LogP contribution in [-0.4, -0.2) is 27.4 Å². The smallest absolute Gasteiger partial charge is 0.317 e. The van der Waals surface area contributed by atoms with Crippen LogP contribution in [0.4, 0.5) is 16.2 Å². The highest BCUT2D eigenvalue weighted by Crippen LogP contribution is 2.39. The monoisotopic (exact) mass is 312 g/mol. The summed E-state index contributed by atoms with van der Waals surface area (Å²) in [4.78, 5) is 28.3. The van der Waals surface area contributed by atoms with Gasteiger partial charge >= 0.3 is 11.7 Å². The van der Waals surface area contributed by atoms with Crippen LogP contribution in [0.5, 0.6) is 0 Å². The van der Waals surface area contributed by atoms with Gasteiger partial charge in [-0.05, 0) is 17.5 Å². The molecule has 1 saturated heterocycles. The van der Waals surface area contributed by atoms with Crippen molar-refractivity contribution in [1.82, 2.24) is 9.88 Å². The van der Waals surface area contributed by atoms with Crippen molar-refractivity contribution in [2.75, 3.05) is 11.9 Å². The number of urea groups is 1. The first kappa shape index (κ1) is 15.0. The number of nitrogens with one attached hydrogen (secondary N) is 1. The quantitative estimate of drug-likeness (QED) is 0.696. The van der Waals surface area contributed by atoms with Crippen molar-refractivity contribution in [3.63, 3.8) is 0 Å². The number of likely N-dealkylation sites (tertiary alicyclic amines) is 1. The van der Waals surface area contributed by atoms with Crippen LogP contribution in [0.15, 0.2) is 48.8 Å². The van der Waals surface area contributed by atoms with Crippen LogP contribution in [0.3, 0.4) is 0 Å². The lowest BCUT2D eigenvalue weighted by Crippen LogP contribution is -2.53. The second kappa shape index (κ2) is 6.04. The molecule has 1 N–H and O–H groups in total. The first-order valence-electron chi connectivity index (χ1n) is 7.29. The molecule has 0 bridgehead atoms. The van der Waals surface area contributed by atoms with Gasteiger partial charge in [-0.25, -0.2) is 4.79 Å². The SMILES string of the molecule is C[C@H]1CN(C(=O)Nc2ccncc2[N+](=O)[O-])[C@H]1c1ccccc1. The van der Waals surface area contributed by atoms with Crippen molar-refractivity contribution < 1.29 is 9.72 Å². The highest BCUT2D eigenvalue weighted by Gasteiger charge is 2.40. The van der Waals surface area contributed by atoms with Crippen LogP contribution in [0.25, 0.3) is 0 Å². The molecular formula is C16H16N4O3. The number of rotatable bonds is 3. The normalized spacial score (nSPS) is 19.8. The number of amides is 2. The predicted molar refractivity (Wildman–Crippen MR) is 85.0 cm³/mol. The van der Waals surface area contributed by atoms with Gasteiger partial charge in [0.25, 0.3) is 0 Å². The largest absolute Gasteiger partial charge is 0.322 e. The number of carbonyl (C=O) groups excluding carboxylic acids is 1. The Morgan fingerprint density at radius 2 is 2.09 bits per heavy atom. The fraction of sp³-hybridized carbons (Fsp3) is 0.250. The van der Waals surface area contributed by atoms with Crippen LogP contribution in [0, 0.1) is 16.0 Å². The van der Waals surface area contributed by atoms with E-state index in [1.165, 1.54) is 12.3 Å². The number of benzene rings is 1. The minimum Gasteiger partial charge on any atom is -0.317 e. The molecule has 7 nitrogen and oxygen atoms in total. The summed E-state index contributed by atoms with van der Waals surface area (Å²) in [7, 11) is 0. The van der Waals surface area contributed by atoms with Gasteiger partial charge < -0.3 is 10.2 Å². The molecule has 1 aliphatic rings. The van der Waals surface area contributed by atoms with Gasteiger partial charge in [0, 0.05) is 12.7 Å². The molecule has 23 heavy (non-hydrogen) atoms. The van der Waals surface area contributed by atoms with Gasteiger partial charge in [0.05, 0.1) is 11.0 Å². The summed E-state index contributed by atoms with van der Waals surface area (Å²) in [6, 6.07) is 10.8. The Morgan fingerprint density at radius 3 is 2.74 bits per heavy atom. The summed E-state index contributed by atoms with van der Waals surface area (Å²) in [5, 5.41) is 13.6. The topological polar surface area (TPSA) is 88.4 Å². The maximum Gasteiger partial charge on any atom is 0.322 e. The fourth-order valence-corrected chi connectivity index (χ4v) is 2.89. The molecule has 2 heterocycles. The molecule has 118 valence electrons. The molecule has 7 heteroatoms. The van der Waals surface area contributed by atoms with Crippen molar-refractivity contribution in [2.24, 2.45) is 5.92 Å². The van der Waals surface area contributed by atoms with Crippen LogP contribution >= 0.6 is 0 Å². The number of hydrogen-bond donors (Lipinski definition) is 1. The van der Waals surface area contributed by atoms with E-state index in [1.807, 2.05) is 30.3 Å². The van der Waals surface area contributed by atoms with Crippen molar-refractivity contribution >= 4 is 17.4 Å². The van der Waals surface area contributed by atoms with Gasteiger partial charge in [-0.2, -0.15) is 0 Å². The van der Waals surface area contributed by atoms with Gasteiger partial charge in [-0.3, -0.25) is 15.1 Å². The standard InChI is InChI=1S/C16H16N4O3/c1-11-10-19(15(11)12-5-3-2-4-6-12)16(21)18-13-7-8-17-9-14(13)20(22)23/h2-9,11,15H,10H2,1H3,(H,17,18,21)/t11-,15+/m0/s1. The number of nitrogens with zero attached hydrogens (tertiary/aromatic N) is 3. The zero-order valence-electron chi connectivity index (χ0n) is 12.5. The molecule has 0 unspecified atom stereocenters. The third-order valence-corrected chi connectivity index (χ3v) is 4.00. The summed E-state index contributed by atoms with van der Waals surface area (Å²) in [5.41, 5.74) is 0.998. The number of aromatic nitrogens is 1. The Balaban J connectivity index is 1.78. The molecule has 1 aromatic heterocycles. The molecule has 1 fully saturated rings. The number of pyridine rings is 1. The molecule has 2 atom stereocenters. The van der Waals surface area contributed by atoms with Gasteiger partial charge in [0.2, 0.25) is 0 Å². The zero-order chi connectivity index (χ0) is 16.4. The van der Waals surface area contributed by atoms with Gasteiger partial charge in [-0.15, -0.1) is 0 Å². The van der Waals surface area contributed by atoms with Crippen LogP contribution in [0.2, 0.25) is 0 Å². The zero-order valence-corrected chi connectivity index (χ0v) is 12.5. The minimum atomic E-state index is -0.560. The Kier molecular flexibility index (Phi) is 3.92. The second-order valence-corrected chi connectivity index (χ2v) is 5.57. The molecule has 0 aliphatic carbocycles. The third kappa shape index (κ3) is 2.85. The molecule has 0 saturated carbocycles. The molecule has 3 rings (SSSR count). The predicted octanol–water partition coefficient (Wildman–Crippen LogP) is 3.21. The maximum absolute atomic E-state index is 12.5. The van der Waals surface area contributed by atoms with Crippen LogP contribution < -0.4 is 5.32 Å². The molecule has 0 spiro atoms. The van der Waals surface area contributed by atoms with E-state index in [4.69, 9.17) is 0 Å². The summed E-state index contributed by atoms with van der Waals surface area (Å²) in [5.74, 6) is 0.343. The highest BCUT2D eigenvalue weighted by atomic mass is 16.6. The van der Waals surface area contributed by atoms with Gasteiger partial charge in [-0.1, -0.05) is 37.3 Å². The first-order valence-corrected chi connectivity index (χ1v) is 7.29. The van der Waals surface area contributed by atoms with E-state index < -0.39 is 4.92 Å². The summed E-state index contributed by atoms with van der Waals surface area (Å²) >= 11 is 0. The molecule has 2 aromatic rings. The van der Waals surface area contributed by atoms with Crippen molar-refractivity contribution in [2.45, 2.75) is 13.0 Å². The molecule has 2 amide bonds. The minimum absolute atomic E-state index is 0.0166. The Morgan fingerprint density at radius 1 is 1.35 bits per heavy atom. The van der Waals surface area contributed by atoms with Gasteiger partial charge in [0.1, 0.15) is 11.9 Å². The van der Waals surface area contributed by atoms with Crippen molar-refractivity contribution in [1.29, 1.82) is 0 Å². The molecule has 0 radical (unpaired) electrons. The summed E-state index contributed by atoms with van der Waals surface area (Å²) in [6.07, 6.45) is 2.54. The summed E-state index contributed by atoms with van der Waals surface area (Å²) in [6.45, 7) is 2.70. The summed E-state index contributed by atoms with van der Waals surface area (Å²) < 4.78 is 0. The third-order valence-electron chi connectivity index (χ3n) is 4.00. The van der Waals surface area contributed by atoms with E-state index in [9.17, 15) is 14.9 Å². The molecular weight excluding hydrogens is 296 g/mol. The molecule has 1 aliphatic heterocycles. The number of carbonyl (C=O) groups is 1. The van der Waals surface area contributed by atoms with E-state index in [0.29, 0.717) is 12.5 Å². The van der Waals surface area contributed by atoms with E-state index in [0.717, 1.165) is 11.8 Å². The molecule has 1 aromatic carbocycles. The van der Waals surface area contributed by atoms with E-state index in [2.05, 4.69) is 17.2 Å². The van der Waals surface area contributed by atoms with Crippen molar-refractivity contribution in [3.8, 4) is 0 Å². The Labute approximate surface area is 133 Å². The van der Waals surface area contributed by atoms with Crippen molar-refractivity contribution in [3.05, 3.63) is 64.5 Å². The van der Waals surface area contributed by atoms with E-state index in [-0.39, 0.29) is 23.4 Å². The fourth-order valence-electron chi connectivity index (χ4n) is 2.89. The van der Waals surface area contributed by atoms with E-state index >= 15 is 0 Å². The second-order valence-electron chi connectivity index (χ2n) is 5.57. The lowest BCUT2D eigenvalue weighted by Gasteiger charge is -2.46. The lowest BCUT2D eigenvalue weighted by atomic mass is 9.85. The lowest BCUT2D eigenvalue weighted by molar-refractivity contribution is -0.384. The Bertz CT molecular complexity index is 735. The average Bonchev–Trinajstić information content (AvgIpc) is 2.53.